The molecule has 0 fully saturated rings. The molecule has 150 valence electrons. The number of nitrogens with one attached hydrogen (secondary N) is 1. The molecule has 1 atom stereocenters. The van der Waals surface area contributed by atoms with Crippen LogP contribution in [0, 0.1) is 0 Å². The quantitative estimate of drug-likeness (QED) is 0.704. The van der Waals surface area contributed by atoms with E-state index in [-0.39, 0.29) is 6.04 Å². The maximum atomic E-state index is 3.53. The molecular formula is C24H34N4. The van der Waals surface area contributed by atoms with Gasteiger partial charge in [0, 0.05) is 44.6 Å². The number of likely N-dealkylation sites (N-methyl/N-ethyl adjacent to an activating group) is 1. The van der Waals surface area contributed by atoms with Gasteiger partial charge in [-0.3, -0.25) is 0 Å². The van der Waals surface area contributed by atoms with Gasteiger partial charge in [0.2, 0.25) is 0 Å². The van der Waals surface area contributed by atoms with E-state index in [0.29, 0.717) is 0 Å². The Hall–Kier alpha value is -2.46. The summed E-state index contributed by atoms with van der Waals surface area (Å²) in [6.07, 6.45) is 2.32. The van der Waals surface area contributed by atoms with Crippen molar-refractivity contribution in [2.24, 2.45) is 0 Å². The fraction of sp³-hybridized carbons (Fsp3) is 0.417. The highest BCUT2D eigenvalue weighted by Crippen LogP contribution is 2.31. The van der Waals surface area contributed by atoms with Crippen molar-refractivity contribution in [3.63, 3.8) is 0 Å². The smallest absolute Gasteiger partial charge is 0.0741 e. The molecule has 2 aromatic rings. The van der Waals surface area contributed by atoms with Crippen molar-refractivity contribution in [1.82, 2.24) is 10.4 Å². The minimum Gasteiger partial charge on any atom is -0.372 e. The van der Waals surface area contributed by atoms with E-state index in [1.54, 1.807) is 0 Å². The number of anilines is 2. The lowest BCUT2D eigenvalue weighted by Gasteiger charge is -2.23. The summed E-state index contributed by atoms with van der Waals surface area (Å²) in [5.74, 6) is 0. The first-order chi connectivity index (χ1) is 13.6. The van der Waals surface area contributed by atoms with Gasteiger partial charge in [-0.25, -0.2) is 5.01 Å². The normalized spacial score (nSPS) is 16.6. The first-order valence-electron chi connectivity index (χ1n) is 10.5. The summed E-state index contributed by atoms with van der Waals surface area (Å²) in [6.45, 7) is 12.9. The molecule has 1 heterocycles. The Morgan fingerprint density at radius 2 is 1.21 bits per heavy atom. The Morgan fingerprint density at radius 1 is 0.750 bits per heavy atom. The van der Waals surface area contributed by atoms with Crippen molar-refractivity contribution in [2.75, 3.05) is 43.0 Å². The molecule has 1 unspecified atom stereocenters. The largest absolute Gasteiger partial charge is 0.372 e. The second-order valence-corrected chi connectivity index (χ2v) is 7.23. The first kappa shape index (κ1) is 20.3. The molecule has 1 aliphatic heterocycles. The number of hydrogen-bond acceptors (Lipinski definition) is 4. The van der Waals surface area contributed by atoms with Gasteiger partial charge < -0.3 is 15.2 Å². The van der Waals surface area contributed by atoms with Crippen molar-refractivity contribution >= 4 is 17.1 Å². The molecule has 0 amide bonds. The Kier molecular flexibility index (Phi) is 6.63. The molecule has 0 radical (unpaired) electrons. The van der Waals surface area contributed by atoms with E-state index in [2.05, 4.69) is 110 Å². The summed E-state index contributed by atoms with van der Waals surface area (Å²) >= 11 is 0. The molecule has 3 rings (SSSR count). The predicted molar refractivity (Wildman–Crippen MR) is 122 cm³/mol. The van der Waals surface area contributed by atoms with Gasteiger partial charge in [0.25, 0.3) is 0 Å². The molecule has 0 aliphatic carbocycles. The van der Waals surface area contributed by atoms with E-state index in [4.69, 9.17) is 0 Å². The van der Waals surface area contributed by atoms with E-state index in [0.717, 1.165) is 26.2 Å². The van der Waals surface area contributed by atoms with Gasteiger partial charge in [0.05, 0.1) is 11.7 Å². The highest BCUT2D eigenvalue weighted by atomic mass is 15.5. The fourth-order valence-electron chi connectivity index (χ4n) is 3.96. The summed E-state index contributed by atoms with van der Waals surface area (Å²) in [5.41, 5.74) is 9.80. The highest BCUT2D eigenvalue weighted by Gasteiger charge is 2.23. The summed E-state index contributed by atoms with van der Waals surface area (Å²) < 4.78 is 0. The Balaban J connectivity index is 1.78. The molecule has 1 N–H and O–H groups in total. The van der Waals surface area contributed by atoms with Crippen LogP contribution in [-0.4, -0.2) is 38.2 Å². The van der Waals surface area contributed by atoms with Gasteiger partial charge in [-0.15, -0.1) is 0 Å². The molecule has 0 bridgehead atoms. The third-order valence-electron chi connectivity index (χ3n) is 5.71. The van der Waals surface area contributed by atoms with Crippen LogP contribution in [0.5, 0.6) is 0 Å². The second kappa shape index (κ2) is 9.16. The topological polar surface area (TPSA) is 21.8 Å². The van der Waals surface area contributed by atoms with Crippen LogP contribution in [0.15, 0.2) is 54.6 Å². The Labute approximate surface area is 170 Å². The van der Waals surface area contributed by atoms with Gasteiger partial charge in [-0.2, -0.15) is 0 Å². The number of nitrogens with zero attached hydrogens (tertiary/aromatic N) is 3. The van der Waals surface area contributed by atoms with Gasteiger partial charge in [-0.05, 0) is 69.2 Å². The molecule has 0 aromatic heterocycles. The van der Waals surface area contributed by atoms with E-state index in [9.17, 15) is 0 Å². The van der Waals surface area contributed by atoms with Crippen LogP contribution >= 0.6 is 0 Å². The lowest BCUT2D eigenvalue weighted by Crippen LogP contribution is -2.29. The average Bonchev–Trinajstić information content (AvgIpc) is 3.12. The van der Waals surface area contributed by atoms with Gasteiger partial charge in [-0.1, -0.05) is 24.3 Å². The Morgan fingerprint density at radius 3 is 1.68 bits per heavy atom. The maximum Gasteiger partial charge on any atom is 0.0741 e. The number of hydrogen-bond donors (Lipinski definition) is 1. The third-order valence-corrected chi connectivity index (χ3v) is 5.71. The molecule has 0 spiro atoms. The minimum absolute atomic E-state index is 0.239. The summed E-state index contributed by atoms with van der Waals surface area (Å²) in [5, 5.41) is 2.18. The minimum atomic E-state index is 0.239. The maximum absolute atomic E-state index is 3.53. The molecule has 0 saturated carbocycles. The molecule has 2 aromatic carbocycles. The van der Waals surface area contributed by atoms with Crippen molar-refractivity contribution in [1.29, 1.82) is 0 Å². The van der Waals surface area contributed by atoms with Crippen LogP contribution in [0.1, 0.15) is 44.9 Å². The molecule has 4 heteroatoms. The van der Waals surface area contributed by atoms with Crippen molar-refractivity contribution in [2.45, 2.75) is 33.7 Å². The van der Waals surface area contributed by atoms with Gasteiger partial charge >= 0.3 is 0 Å². The summed E-state index contributed by atoms with van der Waals surface area (Å²) in [4.78, 5) is 4.74. The number of benzene rings is 2. The van der Waals surface area contributed by atoms with E-state index in [1.165, 1.54) is 28.2 Å². The zero-order valence-corrected chi connectivity index (χ0v) is 17.9. The molecular weight excluding hydrogens is 344 g/mol. The van der Waals surface area contributed by atoms with Crippen molar-refractivity contribution in [3.05, 3.63) is 65.7 Å². The monoisotopic (exact) mass is 378 g/mol. The highest BCUT2D eigenvalue weighted by molar-refractivity contribution is 5.68. The first-order valence-corrected chi connectivity index (χ1v) is 10.5. The zero-order valence-electron chi connectivity index (χ0n) is 17.9. The number of rotatable bonds is 8. The van der Waals surface area contributed by atoms with Gasteiger partial charge in [0.15, 0.2) is 0 Å². The SMILES string of the molecule is CCN(CC)c1ccc(C2=CC(c3ccc(N(CC)CC)cc3)N(C)N2)cc1. The number of hydrazine groups is 1. The standard InChI is InChI=1S/C24H34N4/c1-6-27(7-2)21-14-10-19(11-15-21)23-18-24(26(5)25-23)20-12-16-22(17-13-20)28(8-3)9-4/h10-18,24-25H,6-9H2,1-5H3. The van der Waals surface area contributed by atoms with Crippen LogP contribution < -0.4 is 15.2 Å². The molecule has 4 nitrogen and oxygen atoms in total. The van der Waals surface area contributed by atoms with Crippen LogP contribution in [-0.2, 0) is 0 Å². The fourth-order valence-corrected chi connectivity index (χ4v) is 3.96. The van der Waals surface area contributed by atoms with E-state index in [1.807, 2.05) is 0 Å². The lowest BCUT2D eigenvalue weighted by molar-refractivity contribution is 0.261. The van der Waals surface area contributed by atoms with Crippen LogP contribution in [0.25, 0.3) is 5.70 Å². The Bertz CT molecular complexity index is 771. The van der Waals surface area contributed by atoms with Gasteiger partial charge in [0.1, 0.15) is 0 Å². The van der Waals surface area contributed by atoms with E-state index >= 15 is 0 Å². The zero-order chi connectivity index (χ0) is 20.1. The average molecular weight is 379 g/mol. The van der Waals surface area contributed by atoms with Crippen molar-refractivity contribution < 1.29 is 0 Å². The molecule has 0 saturated heterocycles. The second-order valence-electron chi connectivity index (χ2n) is 7.23. The van der Waals surface area contributed by atoms with E-state index < -0.39 is 0 Å². The van der Waals surface area contributed by atoms with Crippen LogP contribution in [0.4, 0.5) is 11.4 Å². The third kappa shape index (κ3) is 4.17. The summed E-state index contributed by atoms with van der Waals surface area (Å²) in [6, 6.07) is 18.1. The predicted octanol–water partition coefficient (Wildman–Crippen LogP) is 4.91. The summed E-state index contributed by atoms with van der Waals surface area (Å²) in [7, 11) is 2.11. The molecule has 1 aliphatic rings. The van der Waals surface area contributed by atoms with Crippen molar-refractivity contribution in [3.8, 4) is 0 Å². The lowest BCUT2D eigenvalue weighted by atomic mass is 10.0. The van der Waals surface area contributed by atoms with Crippen LogP contribution in [0.3, 0.4) is 0 Å². The van der Waals surface area contributed by atoms with Crippen LogP contribution in [0.2, 0.25) is 0 Å². The molecule has 28 heavy (non-hydrogen) atoms.